The molecule has 0 radical (unpaired) electrons. The van der Waals surface area contributed by atoms with Crippen LogP contribution in [0.15, 0.2) is 12.2 Å². The SMILES string of the molecule is CC1([Si](C)(C)C)O[C@]12C=CC(=O)C2. The molecule has 13 heavy (non-hydrogen) atoms. The van der Waals surface area contributed by atoms with Gasteiger partial charge in [0, 0.05) is 6.42 Å². The first-order chi connectivity index (χ1) is 5.81. The van der Waals surface area contributed by atoms with Crippen LogP contribution >= 0.6 is 0 Å². The van der Waals surface area contributed by atoms with E-state index >= 15 is 0 Å². The van der Waals surface area contributed by atoms with E-state index in [4.69, 9.17) is 4.74 Å². The van der Waals surface area contributed by atoms with Crippen molar-refractivity contribution in [2.75, 3.05) is 0 Å². The summed E-state index contributed by atoms with van der Waals surface area (Å²) >= 11 is 0. The Labute approximate surface area is 80.0 Å². The highest BCUT2D eigenvalue weighted by Gasteiger charge is 2.72. The molecule has 0 aromatic heterocycles. The summed E-state index contributed by atoms with van der Waals surface area (Å²) in [6.45, 7) is 9.03. The van der Waals surface area contributed by atoms with E-state index in [1.165, 1.54) is 0 Å². The number of hydrogen-bond acceptors (Lipinski definition) is 2. The predicted octanol–water partition coefficient (Wildman–Crippen LogP) is 1.92. The van der Waals surface area contributed by atoms with Gasteiger partial charge in [0.1, 0.15) is 5.60 Å². The minimum Gasteiger partial charge on any atom is -0.362 e. The van der Waals surface area contributed by atoms with Gasteiger partial charge >= 0.3 is 0 Å². The molecule has 2 rings (SSSR count). The molecule has 3 heteroatoms. The number of hydrogen-bond donors (Lipinski definition) is 0. The molecule has 2 aliphatic rings. The Kier molecular flexibility index (Phi) is 1.51. The first-order valence-corrected chi connectivity index (χ1v) is 8.23. The Morgan fingerprint density at radius 3 is 2.38 bits per heavy atom. The van der Waals surface area contributed by atoms with Gasteiger partial charge in [0.05, 0.1) is 13.3 Å². The highest BCUT2D eigenvalue weighted by atomic mass is 28.3. The molecular formula is C10H16O2Si. The highest BCUT2D eigenvalue weighted by molar-refractivity contribution is 6.80. The number of carbonyl (C=O) groups excluding carboxylic acids is 1. The fraction of sp³-hybridized carbons (Fsp3) is 0.700. The van der Waals surface area contributed by atoms with E-state index in [1.54, 1.807) is 6.08 Å². The summed E-state index contributed by atoms with van der Waals surface area (Å²) < 4.78 is 5.84. The van der Waals surface area contributed by atoms with Crippen LogP contribution in [0.4, 0.5) is 0 Å². The third-order valence-electron chi connectivity index (χ3n) is 3.56. The van der Waals surface area contributed by atoms with Crippen LogP contribution < -0.4 is 0 Å². The summed E-state index contributed by atoms with van der Waals surface area (Å²) in [4.78, 5) is 11.2. The number of epoxide rings is 1. The van der Waals surface area contributed by atoms with Crippen LogP contribution in [0, 0.1) is 0 Å². The molecule has 72 valence electrons. The third-order valence-corrected chi connectivity index (χ3v) is 6.95. The lowest BCUT2D eigenvalue weighted by Gasteiger charge is -2.23. The number of rotatable bonds is 1. The van der Waals surface area contributed by atoms with Gasteiger partial charge in [0.25, 0.3) is 0 Å². The lowest BCUT2D eigenvalue weighted by molar-refractivity contribution is -0.114. The van der Waals surface area contributed by atoms with Crippen molar-refractivity contribution in [1.29, 1.82) is 0 Å². The van der Waals surface area contributed by atoms with Crippen LogP contribution in [-0.2, 0) is 9.53 Å². The zero-order chi connectivity index (χ0) is 9.91. The van der Waals surface area contributed by atoms with Crippen molar-refractivity contribution in [3.63, 3.8) is 0 Å². The van der Waals surface area contributed by atoms with E-state index in [1.807, 2.05) is 6.08 Å². The minimum absolute atomic E-state index is 0.0251. The predicted molar refractivity (Wildman–Crippen MR) is 54.3 cm³/mol. The van der Waals surface area contributed by atoms with Crippen molar-refractivity contribution < 1.29 is 9.53 Å². The maximum absolute atomic E-state index is 11.2. The standard InChI is InChI=1S/C10H16O2Si/c1-9(13(2,3)4)10(12-9)6-5-8(11)7-10/h5-6H,7H2,1-4H3/t9?,10-/m0/s1. The van der Waals surface area contributed by atoms with Gasteiger partial charge in [-0.15, -0.1) is 0 Å². The van der Waals surface area contributed by atoms with Gasteiger partial charge in [-0.2, -0.15) is 0 Å². The van der Waals surface area contributed by atoms with E-state index < -0.39 is 8.07 Å². The summed E-state index contributed by atoms with van der Waals surface area (Å²) in [6, 6.07) is 0. The molecule has 1 fully saturated rings. The van der Waals surface area contributed by atoms with E-state index in [9.17, 15) is 4.79 Å². The van der Waals surface area contributed by atoms with Gasteiger partial charge in [-0.3, -0.25) is 4.79 Å². The highest BCUT2D eigenvalue weighted by Crippen LogP contribution is 2.58. The average molecular weight is 196 g/mol. The largest absolute Gasteiger partial charge is 0.362 e. The molecule has 0 N–H and O–H groups in total. The molecule has 0 saturated carbocycles. The van der Waals surface area contributed by atoms with E-state index in [0.717, 1.165) is 0 Å². The second kappa shape index (κ2) is 2.15. The quantitative estimate of drug-likeness (QED) is 0.474. The van der Waals surface area contributed by atoms with Crippen LogP contribution in [-0.4, -0.2) is 24.7 Å². The van der Waals surface area contributed by atoms with E-state index in [-0.39, 0.29) is 16.6 Å². The summed E-state index contributed by atoms with van der Waals surface area (Å²) in [5.74, 6) is 0.210. The van der Waals surface area contributed by atoms with Crippen LogP contribution in [0.1, 0.15) is 13.3 Å². The van der Waals surface area contributed by atoms with Crippen molar-refractivity contribution in [2.45, 2.75) is 43.8 Å². The summed E-state index contributed by atoms with van der Waals surface area (Å²) in [5, 5.41) is -0.0251. The monoisotopic (exact) mass is 196 g/mol. The number of ether oxygens (including phenoxy) is 1. The Balaban J connectivity index is 2.27. The fourth-order valence-electron chi connectivity index (χ4n) is 2.13. The maximum atomic E-state index is 11.2. The lowest BCUT2D eigenvalue weighted by Crippen LogP contribution is -2.44. The van der Waals surface area contributed by atoms with Crippen LogP contribution in [0.3, 0.4) is 0 Å². The second-order valence-corrected chi connectivity index (χ2v) is 10.7. The first-order valence-electron chi connectivity index (χ1n) is 4.73. The van der Waals surface area contributed by atoms with Crippen LogP contribution in [0.25, 0.3) is 0 Å². The van der Waals surface area contributed by atoms with Crippen molar-refractivity contribution in [3.8, 4) is 0 Å². The Bertz CT molecular complexity index is 303. The van der Waals surface area contributed by atoms with Gasteiger partial charge in [-0.25, -0.2) is 0 Å². The van der Waals surface area contributed by atoms with Crippen molar-refractivity contribution in [3.05, 3.63) is 12.2 Å². The molecule has 2 atom stereocenters. The average Bonchev–Trinajstić information content (AvgIpc) is 2.32. The molecule has 1 aliphatic carbocycles. The van der Waals surface area contributed by atoms with E-state index in [0.29, 0.717) is 6.42 Å². The fourth-order valence-corrected chi connectivity index (χ4v) is 4.06. The molecule has 2 nitrogen and oxygen atoms in total. The zero-order valence-corrected chi connectivity index (χ0v) is 9.68. The molecule has 1 aliphatic heterocycles. The molecule has 0 aromatic rings. The topological polar surface area (TPSA) is 29.6 Å². The Morgan fingerprint density at radius 2 is 2.08 bits per heavy atom. The van der Waals surface area contributed by atoms with Gasteiger partial charge in [0.2, 0.25) is 0 Å². The zero-order valence-electron chi connectivity index (χ0n) is 8.68. The number of allylic oxidation sites excluding steroid dienone is 1. The van der Waals surface area contributed by atoms with Crippen LogP contribution in [0.2, 0.25) is 19.6 Å². The molecule has 1 unspecified atom stereocenters. The van der Waals surface area contributed by atoms with Gasteiger partial charge in [0.15, 0.2) is 5.78 Å². The summed E-state index contributed by atoms with van der Waals surface area (Å²) in [6.07, 6.45) is 4.20. The molecule has 1 heterocycles. The number of ketones is 1. The lowest BCUT2D eigenvalue weighted by atomic mass is 10.1. The Hall–Kier alpha value is -0.413. The first kappa shape index (κ1) is 9.15. The maximum Gasteiger partial charge on any atom is 0.158 e. The molecule has 1 saturated heterocycles. The minimum atomic E-state index is -1.34. The van der Waals surface area contributed by atoms with Gasteiger partial charge in [-0.05, 0) is 19.1 Å². The van der Waals surface area contributed by atoms with E-state index in [2.05, 4.69) is 26.6 Å². The molecule has 0 bridgehead atoms. The molecule has 0 aromatic carbocycles. The number of carbonyl (C=O) groups is 1. The summed E-state index contributed by atoms with van der Waals surface area (Å²) in [5.41, 5.74) is -0.214. The third kappa shape index (κ3) is 1.00. The second-order valence-electron chi connectivity index (χ2n) is 5.25. The van der Waals surface area contributed by atoms with Gasteiger partial charge in [-0.1, -0.05) is 19.6 Å². The van der Waals surface area contributed by atoms with Crippen LogP contribution in [0.5, 0.6) is 0 Å². The van der Waals surface area contributed by atoms with Crippen molar-refractivity contribution >= 4 is 13.9 Å². The Morgan fingerprint density at radius 1 is 1.46 bits per heavy atom. The smallest absolute Gasteiger partial charge is 0.158 e. The molecular weight excluding hydrogens is 180 g/mol. The molecule has 1 spiro atoms. The van der Waals surface area contributed by atoms with Gasteiger partial charge < -0.3 is 4.74 Å². The normalized spacial score (nSPS) is 43.2. The summed E-state index contributed by atoms with van der Waals surface area (Å²) in [7, 11) is -1.34. The van der Waals surface area contributed by atoms with Crippen molar-refractivity contribution in [2.24, 2.45) is 0 Å². The van der Waals surface area contributed by atoms with Crippen molar-refractivity contribution in [1.82, 2.24) is 0 Å². The molecule has 0 amide bonds.